The third-order valence-electron chi connectivity index (χ3n) is 5.03. The monoisotopic (exact) mass is 351 g/mol. The minimum Gasteiger partial charge on any atom is -0.544 e. The zero-order valence-electron chi connectivity index (χ0n) is 16.0. The molecule has 1 unspecified atom stereocenters. The summed E-state index contributed by atoms with van der Waals surface area (Å²) < 4.78 is 0.247. The van der Waals surface area contributed by atoms with Gasteiger partial charge in [0, 0.05) is 13.0 Å². The first-order chi connectivity index (χ1) is 12.1. The van der Waals surface area contributed by atoms with Crippen molar-refractivity contribution in [2.75, 3.05) is 19.6 Å². The van der Waals surface area contributed by atoms with Crippen LogP contribution >= 0.6 is 0 Å². The van der Waals surface area contributed by atoms with Gasteiger partial charge in [-0.05, 0) is 6.42 Å². The van der Waals surface area contributed by atoms with Crippen molar-refractivity contribution in [1.82, 2.24) is 0 Å². The number of carboxylic acid groups (broad SMARTS) is 1. The number of nitrogens with zero attached hydrogens (tertiary/aromatic N) is 2. The molecule has 0 aromatic carbocycles. The summed E-state index contributed by atoms with van der Waals surface area (Å²) in [6, 6.07) is 0. The first-order valence-electron chi connectivity index (χ1n) is 10.2. The van der Waals surface area contributed by atoms with Crippen molar-refractivity contribution in [1.29, 1.82) is 0 Å². The van der Waals surface area contributed by atoms with Gasteiger partial charge in [0.25, 0.3) is 0 Å². The van der Waals surface area contributed by atoms with Gasteiger partial charge in [0.15, 0.2) is 0 Å². The Morgan fingerprint density at radius 1 is 1.04 bits per heavy atom. The quantitative estimate of drug-likeness (QED) is 0.343. The maximum absolute atomic E-state index is 11.1. The van der Waals surface area contributed by atoms with Gasteiger partial charge in [0.2, 0.25) is 5.84 Å². The van der Waals surface area contributed by atoms with Crippen molar-refractivity contribution < 1.29 is 14.4 Å². The predicted molar refractivity (Wildman–Crippen MR) is 102 cm³/mol. The highest BCUT2D eigenvalue weighted by Crippen LogP contribution is 2.21. The molecule has 1 aliphatic heterocycles. The van der Waals surface area contributed by atoms with E-state index in [1.807, 2.05) is 6.20 Å². The Kier molecular flexibility index (Phi) is 11.4. The summed E-state index contributed by atoms with van der Waals surface area (Å²) in [6.07, 6.45) is 18.8. The van der Waals surface area contributed by atoms with Crippen LogP contribution in [0.25, 0.3) is 0 Å². The molecule has 5 heteroatoms. The second kappa shape index (κ2) is 13.1. The molecule has 144 valence electrons. The average Bonchev–Trinajstić information content (AvgIpc) is 2.94. The fourth-order valence-corrected chi connectivity index (χ4v) is 3.57. The maximum atomic E-state index is 11.1. The topological polar surface area (TPSA) is 78.5 Å². The highest BCUT2D eigenvalue weighted by atomic mass is 16.4. The van der Waals surface area contributed by atoms with Crippen molar-refractivity contribution in [3.63, 3.8) is 0 Å². The van der Waals surface area contributed by atoms with Crippen LogP contribution in [0.1, 0.15) is 84.0 Å². The zero-order chi connectivity index (χ0) is 18.4. The number of hydrogen-bond acceptors (Lipinski definition) is 4. The van der Waals surface area contributed by atoms with Crippen LogP contribution in [0.2, 0.25) is 0 Å². The Balaban J connectivity index is 2.13. The third-order valence-corrected chi connectivity index (χ3v) is 5.03. The highest BCUT2D eigenvalue weighted by Gasteiger charge is 2.34. The Morgan fingerprint density at radius 3 is 2.12 bits per heavy atom. The fourth-order valence-electron chi connectivity index (χ4n) is 3.57. The number of unbranched alkanes of at least 4 members (excludes halogenated alkanes) is 10. The number of amidine groups is 1. The number of quaternary nitrogens is 1. The van der Waals surface area contributed by atoms with E-state index in [-0.39, 0.29) is 11.0 Å². The molecule has 0 amide bonds. The molecule has 0 aliphatic carbocycles. The Labute approximate surface area is 153 Å². The summed E-state index contributed by atoms with van der Waals surface area (Å²) in [6.45, 7) is 3.20. The van der Waals surface area contributed by atoms with Crippen LogP contribution in [-0.2, 0) is 4.79 Å². The molecule has 25 heavy (non-hydrogen) atoms. The van der Waals surface area contributed by atoms with E-state index in [0.29, 0.717) is 13.1 Å². The van der Waals surface area contributed by atoms with Gasteiger partial charge in [-0.1, -0.05) is 71.1 Å². The van der Waals surface area contributed by atoms with Crippen LogP contribution in [0.3, 0.4) is 0 Å². The van der Waals surface area contributed by atoms with Gasteiger partial charge in [-0.3, -0.25) is 0 Å². The second-order valence-electron chi connectivity index (χ2n) is 7.21. The molecular formula is C20H37N3O2. The van der Waals surface area contributed by atoms with Crippen LogP contribution in [0.15, 0.2) is 17.4 Å². The van der Waals surface area contributed by atoms with E-state index < -0.39 is 5.97 Å². The van der Waals surface area contributed by atoms with Crippen molar-refractivity contribution in [2.45, 2.75) is 84.0 Å². The van der Waals surface area contributed by atoms with Gasteiger partial charge < -0.3 is 15.6 Å². The van der Waals surface area contributed by atoms with Gasteiger partial charge in [0.05, 0.1) is 12.2 Å². The summed E-state index contributed by atoms with van der Waals surface area (Å²) in [7, 11) is 0. The van der Waals surface area contributed by atoms with Crippen molar-refractivity contribution in [3.8, 4) is 0 Å². The first kappa shape index (κ1) is 21.8. The van der Waals surface area contributed by atoms with Crippen LogP contribution < -0.4 is 10.8 Å². The summed E-state index contributed by atoms with van der Waals surface area (Å²) in [4.78, 5) is 15.5. The number of carbonyl (C=O) groups is 1. The number of nitrogens with two attached hydrogens (primary N) is 1. The van der Waals surface area contributed by atoms with E-state index in [1.165, 1.54) is 64.2 Å². The summed E-state index contributed by atoms with van der Waals surface area (Å²) >= 11 is 0. The smallest absolute Gasteiger partial charge is 0.207 e. The van der Waals surface area contributed by atoms with Crippen molar-refractivity contribution >= 4 is 11.8 Å². The van der Waals surface area contributed by atoms with Crippen LogP contribution in [-0.4, -0.2) is 35.9 Å². The Hall–Kier alpha value is -1.20. The summed E-state index contributed by atoms with van der Waals surface area (Å²) in [5.74, 6) is -0.128. The molecule has 0 aromatic heterocycles. The van der Waals surface area contributed by atoms with Crippen LogP contribution in [0.5, 0.6) is 0 Å². The number of aliphatic imine (C=N–C) groups is 1. The van der Waals surface area contributed by atoms with Gasteiger partial charge in [-0.25, -0.2) is 9.48 Å². The molecule has 2 N–H and O–H groups in total. The highest BCUT2D eigenvalue weighted by molar-refractivity contribution is 5.80. The lowest BCUT2D eigenvalue weighted by molar-refractivity contribution is -0.780. The molecular weight excluding hydrogens is 314 g/mol. The normalized spacial score (nSPS) is 19.4. The first-order valence-corrected chi connectivity index (χ1v) is 10.2. The van der Waals surface area contributed by atoms with Gasteiger partial charge in [-0.15, -0.1) is 0 Å². The molecule has 0 radical (unpaired) electrons. The van der Waals surface area contributed by atoms with E-state index >= 15 is 0 Å². The Morgan fingerprint density at radius 2 is 1.60 bits per heavy atom. The van der Waals surface area contributed by atoms with Crippen LogP contribution in [0.4, 0.5) is 0 Å². The molecule has 0 saturated carbocycles. The minimum absolute atomic E-state index is 0.0649. The molecule has 1 atom stereocenters. The molecule has 1 aliphatic rings. The molecule has 0 fully saturated rings. The molecule has 0 bridgehead atoms. The Bertz CT molecular complexity index is 435. The number of rotatable bonds is 16. The molecule has 5 nitrogen and oxygen atoms in total. The number of hydrogen-bond donors (Lipinski definition) is 1. The van der Waals surface area contributed by atoms with E-state index in [0.717, 1.165) is 18.7 Å². The van der Waals surface area contributed by atoms with E-state index in [1.54, 1.807) is 6.20 Å². The summed E-state index contributed by atoms with van der Waals surface area (Å²) in [5, 5.41) is 11.1. The number of aliphatic carboxylic acids is 1. The van der Waals surface area contributed by atoms with Crippen molar-refractivity contribution in [3.05, 3.63) is 12.4 Å². The SMILES string of the molecule is CCCCCCCCCCCCCC1=NC=C[N+]1(CCN)CC(=O)[O-]. The lowest BCUT2D eigenvalue weighted by Crippen LogP contribution is -2.55. The third kappa shape index (κ3) is 8.63. The molecule has 1 rings (SSSR count). The van der Waals surface area contributed by atoms with Crippen LogP contribution in [0, 0.1) is 0 Å². The molecule has 1 heterocycles. The molecule has 0 aromatic rings. The number of carbonyl (C=O) groups excluding carboxylic acids is 1. The van der Waals surface area contributed by atoms with Gasteiger partial charge in [-0.2, -0.15) is 0 Å². The van der Waals surface area contributed by atoms with Gasteiger partial charge in [0.1, 0.15) is 19.3 Å². The largest absolute Gasteiger partial charge is 0.544 e. The fraction of sp³-hybridized carbons (Fsp3) is 0.800. The van der Waals surface area contributed by atoms with Crippen molar-refractivity contribution in [2.24, 2.45) is 10.7 Å². The second-order valence-corrected chi connectivity index (χ2v) is 7.21. The van der Waals surface area contributed by atoms with E-state index in [9.17, 15) is 9.90 Å². The lowest BCUT2D eigenvalue weighted by Gasteiger charge is -2.32. The minimum atomic E-state index is -1.05. The summed E-state index contributed by atoms with van der Waals surface area (Å²) in [5.41, 5.74) is 5.67. The predicted octanol–water partition coefficient (Wildman–Crippen LogP) is 3.10. The zero-order valence-corrected chi connectivity index (χ0v) is 16.0. The standard InChI is InChI=1S/C20H37N3O2/c1-2-3-4-5-6-7-8-9-10-11-12-13-19-22-15-17-23(19,16-14-21)18-20(24)25/h15,17H,2-14,16,18,21H2,1H3. The molecule has 0 spiro atoms. The number of carboxylic acids is 1. The molecule has 0 saturated heterocycles. The van der Waals surface area contributed by atoms with E-state index in [4.69, 9.17) is 5.73 Å². The maximum Gasteiger partial charge on any atom is 0.207 e. The van der Waals surface area contributed by atoms with Gasteiger partial charge >= 0.3 is 0 Å². The lowest BCUT2D eigenvalue weighted by atomic mass is 10.0. The van der Waals surface area contributed by atoms with E-state index in [2.05, 4.69) is 11.9 Å². The average molecular weight is 352 g/mol.